The van der Waals surface area contributed by atoms with Crippen LogP contribution in [0.2, 0.25) is 0 Å². The van der Waals surface area contributed by atoms with Crippen LogP contribution in [0.5, 0.6) is 0 Å². The number of nitrogens with zero attached hydrogens (tertiary/aromatic N) is 3. The molecule has 1 saturated heterocycles. The lowest BCUT2D eigenvalue weighted by atomic mass is 9.98. The highest BCUT2D eigenvalue weighted by atomic mass is 32.1. The Morgan fingerprint density at radius 2 is 2.00 bits per heavy atom. The molecule has 0 bridgehead atoms. The van der Waals surface area contributed by atoms with Gasteiger partial charge in [-0.05, 0) is 44.6 Å². The maximum atomic E-state index is 11.7. The zero-order chi connectivity index (χ0) is 19.3. The molecule has 1 aliphatic heterocycles. The number of hydrogen-bond acceptors (Lipinski definition) is 5. The fourth-order valence-corrected chi connectivity index (χ4v) is 5.69. The first-order valence-electron chi connectivity index (χ1n) is 10.0. The number of hydrogen-bond donors (Lipinski definition) is 1. The Morgan fingerprint density at radius 1 is 1.18 bits per heavy atom. The molecule has 0 radical (unpaired) electrons. The van der Waals surface area contributed by atoms with Crippen molar-refractivity contribution in [3.8, 4) is 11.3 Å². The number of benzene rings is 1. The molecule has 0 saturated carbocycles. The number of aromatic nitrogens is 2. The van der Waals surface area contributed by atoms with E-state index in [4.69, 9.17) is 15.7 Å². The van der Waals surface area contributed by atoms with Crippen molar-refractivity contribution >= 4 is 33.4 Å². The highest BCUT2D eigenvalue weighted by Crippen LogP contribution is 2.41. The number of rotatable bonds is 3. The van der Waals surface area contributed by atoms with Crippen molar-refractivity contribution in [3.63, 3.8) is 0 Å². The van der Waals surface area contributed by atoms with Gasteiger partial charge in [0.2, 0.25) is 11.9 Å². The zero-order valence-electron chi connectivity index (χ0n) is 16.1. The van der Waals surface area contributed by atoms with E-state index in [2.05, 4.69) is 36.1 Å². The number of amides is 1. The van der Waals surface area contributed by atoms with Gasteiger partial charge in [-0.3, -0.25) is 4.79 Å². The summed E-state index contributed by atoms with van der Waals surface area (Å²) in [5.41, 5.74) is 10.4. The SMILES string of the molecule is Cc1ccc(-c2nc(N3CCCC(C(N)=O)C3)nc3sc4c(c23)CCC4)cc1. The van der Waals surface area contributed by atoms with Gasteiger partial charge in [-0.1, -0.05) is 29.8 Å². The lowest BCUT2D eigenvalue weighted by Crippen LogP contribution is -2.41. The average Bonchev–Trinajstić information content (AvgIpc) is 3.29. The van der Waals surface area contributed by atoms with E-state index in [1.165, 1.54) is 27.8 Å². The monoisotopic (exact) mass is 392 g/mol. The average molecular weight is 393 g/mol. The van der Waals surface area contributed by atoms with Gasteiger partial charge < -0.3 is 10.6 Å². The van der Waals surface area contributed by atoms with Gasteiger partial charge in [0.1, 0.15) is 4.83 Å². The maximum absolute atomic E-state index is 11.7. The highest BCUT2D eigenvalue weighted by Gasteiger charge is 2.28. The molecule has 1 aromatic carbocycles. The molecular formula is C22H24N4OS. The quantitative estimate of drug-likeness (QED) is 0.735. The summed E-state index contributed by atoms with van der Waals surface area (Å²) in [7, 11) is 0. The van der Waals surface area contributed by atoms with Crippen LogP contribution in [-0.4, -0.2) is 29.0 Å². The first-order chi connectivity index (χ1) is 13.6. The minimum atomic E-state index is -0.223. The Labute approximate surface area is 168 Å². The van der Waals surface area contributed by atoms with E-state index in [0.717, 1.165) is 54.3 Å². The topological polar surface area (TPSA) is 72.1 Å². The van der Waals surface area contributed by atoms with Crippen LogP contribution in [0.1, 0.15) is 35.3 Å². The third-order valence-corrected chi connectivity index (χ3v) is 7.17. The van der Waals surface area contributed by atoms with Crippen LogP contribution in [0.4, 0.5) is 5.95 Å². The molecule has 1 unspecified atom stereocenters. The zero-order valence-corrected chi connectivity index (χ0v) is 16.9. The second-order valence-electron chi connectivity index (χ2n) is 7.96. The van der Waals surface area contributed by atoms with Crippen molar-refractivity contribution in [2.75, 3.05) is 18.0 Å². The smallest absolute Gasteiger partial charge is 0.227 e. The van der Waals surface area contributed by atoms with Crippen molar-refractivity contribution in [3.05, 3.63) is 40.3 Å². The minimum Gasteiger partial charge on any atom is -0.369 e. The second kappa shape index (κ2) is 6.85. The van der Waals surface area contributed by atoms with E-state index in [0.29, 0.717) is 6.54 Å². The predicted molar refractivity (Wildman–Crippen MR) is 114 cm³/mol. The van der Waals surface area contributed by atoms with Gasteiger partial charge in [0.25, 0.3) is 0 Å². The molecule has 1 atom stereocenters. The van der Waals surface area contributed by atoms with Crippen LogP contribution >= 0.6 is 11.3 Å². The lowest BCUT2D eigenvalue weighted by molar-refractivity contribution is -0.122. The molecule has 3 aromatic rings. The summed E-state index contributed by atoms with van der Waals surface area (Å²) in [6, 6.07) is 8.59. The summed E-state index contributed by atoms with van der Waals surface area (Å²) < 4.78 is 0. The molecule has 2 aromatic heterocycles. The molecule has 1 fully saturated rings. The molecule has 2 aliphatic rings. The van der Waals surface area contributed by atoms with Gasteiger partial charge in [-0.25, -0.2) is 9.97 Å². The number of aryl methyl sites for hydroxylation is 3. The number of nitrogens with two attached hydrogens (primary N) is 1. The highest BCUT2D eigenvalue weighted by molar-refractivity contribution is 7.19. The van der Waals surface area contributed by atoms with E-state index in [-0.39, 0.29) is 11.8 Å². The Bertz CT molecular complexity index is 1060. The number of fused-ring (bicyclic) bond motifs is 3. The second-order valence-corrected chi connectivity index (χ2v) is 9.05. The van der Waals surface area contributed by atoms with Crippen molar-refractivity contribution in [2.45, 2.75) is 39.0 Å². The number of piperidine rings is 1. The van der Waals surface area contributed by atoms with Crippen LogP contribution in [-0.2, 0) is 17.6 Å². The minimum absolute atomic E-state index is 0.121. The Balaban J connectivity index is 1.65. The number of carbonyl (C=O) groups is 1. The van der Waals surface area contributed by atoms with Crippen LogP contribution in [0.15, 0.2) is 24.3 Å². The summed E-state index contributed by atoms with van der Waals surface area (Å²) in [6.07, 6.45) is 5.28. The van der Waals surface area contributed by atoms with Gasteiger partial charge in [-0.15, -0.1) is 11.3 Å². The molecule has 6 heteroatoms. The van der Waals surface area contributed by atoms with Crippen LogP contribution in [0.25, 0.3) is 21.5 Å². The molecule has 5 rings (SSSR count). The number of thiophene rings is 1. The van der Waals surface area contributed by atoms with E-state index in [9.17, 15) is 4.79 Å². The molecule has 5 nitrogen and oxygen atoms in total. The van der Waals surface area contributed by atoms with Crippen LogP contribution in [0.3, 0.4) is 0 Å². The molecule has 3 heterocycles. The molecule has 1 amide bonds. The standard InChI is InChI=1S/C22H24N4OS/c1-13-7-9-14(10-8-13)19-18-16-5-2-6-17(16)28-21(18)25-22(24-19)26-11-3-4-15(12-26)20(23)27/h7-10,15H,2-6,11-12H2,1H3,(H2,23,27). The van der Waals surface area contributed by atoms with Crippen molar-refractivity contribution < 1.29 is 4.79 Å². The van der Waals surface area contributed by atoms with Gasteiger partial charge in [0, 0.05) is 28.9 Å². The first-order valence-corrected chi connectivity index (χ1v) is 10.9. The van der Waals surface area contributed by atoms with Crippen molar-refractivity contribution in [2.24, 2.45) is 11.7 Å². The van der Waals surface area contributed by atoms with E-state index >= 15 is 0 Å². The summed E-state index contributed by atoms with van der Waals surface area (Å²) in [5, 5.41) is 1.23. The Kier molecular flexibility index (Phi) is 4.31. The third kappa shape index (κ3) is 2.96. The summed E-state index contributed by atoms with van der Waals surface area (Å²) in [4.78, 5) is 26.4. The number of carbonyl (C=O) groups excluding carboxylic acids is 1. The molecule has 2 N–H and O–H groups in total. The van der Waals surface area contributed by atoms with Crippen LogP contribution < -0.4 is 10.6 Å². The van der Waals surface area contributed by atoms with Gasteiger partial charge in [0.05, 0.1) is 11.6 Å². The lowest BCUT2D eigenvalue weighted by Gasteiger charge is -2.31. The van der Waals surface area contributed by atoms with Crippen molar-refractivity contribution in [1.82, 2.24) is 9.97 Å². The molecule has 28 heavy (non-hydrogen) atoms. The van der Waals surface area contributed by atoms with Crippen LogP contribution in [0, 0.1) is 12.8 Å². The van der Waals surface area contributed by atoms with Gasteiger partial charge in [0.15, 0.2) is 0 Å². The maximum Gasteiger partial charge on any atom is 0.227 e. The Morgan fingerprint density at radius 3 is 2.79 bits per heavy atom. The van der Waals surface area contributed by atoms with Gasteiger partial charge in [-0.2, -0.15) is 0 Å². The van der Waals surface area contributed by atoms with E-state index in [1.807, 2.05) is 11.3 Å². The Hall–Kier alpha value is -2.47. The largest absolute Gasteiger partial charge is 0.369 e. The first kappa shape index (κ1) is 17.6. The van der Waals surface area contributed by atoms with Crippen molar-refractivity contribution in [1.29, 1.82) is 0 Å². The molecule has 0 spiro atoms. The van der Waals surface area contributed by atoms with E-state index < -0.39 is 0 Å². The molecular weight excluding hydrogens is 368 g/mol. The fourth-order valence-electron chi connectivity index (χ4n) is 4.44. The molecule has 144 valence electrons. The van der Waals surface area contributed by atoms with Gasteiger partial charge >= 0.3 is 0 Å². The molecule has 1 aliphatic carbocycles. The number of primary amides is 1. The van der Waals surface area contributed by atoms with E-state index in [1.54, 1.807) is 0 Å². The summed E-state index contributed by atoms with van der Waals surface area (Å²) in [5.74, 6) is 0.387. The predicted octanol–water partition coefficient (Wildman–Crippen LogP) is 3.86. The fraction of sp³-hybridized carbons (Fsp3) is 0.409. The number of anilines is 1. The third-order valence-electron chi connectivity index (χ3n) is 5.98. The summed E-state index contributed by atoms with van der Waals surface area (Å²) in [6.45, 7) is 3.58. The normalized spacial score (nSPS) is 19.2. The summed E-state index contributed by atoms with van der Waals surface area (Å²) >= 11 is 1.81.